The van der Waals surface area contributed by atoms with Gasteiger partial charge < -0.3 is 4.74 Å². The molecule has 0 heterocycles. The van der Waals surface area contributed by atoms with Gasteiger partial charge in [-0.15, -0.1) is 0 Å². The van der Waals surface area contributed by atoms with Gasteiger partial charge in [-0.1, -0.05) is 72.8 Å². The lowest BCUT2D eigenvalue weighted by Gasteiger charge is -2.06. The number of nitrogens with zero attached hydrogens (tertiary/aromatic N) is 1. The summed E-state index contributed by atoms with van der Waals surface area (Å²) in [5.41, 5.74) is 6.52. The van der Waals surface area contributed by atoms with E-state index in [1.807, 2.05) is 67.6 Å². The molecule has 130 valence electrons. The molecule has 4 heteroatoms. The Bertz CT molecular complexity index is 873. The highest BCUT2D eigenvalue weighted by molar-refractivity contribution is 5.99. The first-order valence-corrected chi connectivity index (χ1v) is 8.39. The van der Waals surface area contributed by atoms with Gasteiger partial charge >= 0.3 is 0 Å². The lowest BCUT2D eigenvalue weighted by atomic mass is 10.0. The van der Waals surface area contributed by atoms with Crippen LogP contribution in [0.2, 0.25) is 0 Å². The predicted octanol–water partition coefficient (Wildman–Crippen LogP) is 4.27. The minimum atomic E-state index is -0.297. The van der Waals surface area contributed by atoms with E-state index in [1.165, 1.54) is 5.56 Å². The molecule has 0 spiro atoms. The number of para-hydroxylation sites is 1. The van der Waals surface area contributed by atoms with Gasteiger partial charge in [0.2, 0.25) is 0 Å². The van der Waals surface area contributed by atoms with Gasteiger partial charge in [-0.05, 0) is 35.7 Å². The smallest absolute Gasteiger partial charge is 0.277 e. The lowest BCUT2D eigenvalue weighted by Crippen LogP contribution is -2.25. The molecule has 3 rings (SSSR count). The van der Waals surface area contributed by atoms with Gasteiger partial charge in [-0.3, -0.25) is 4.79 Å². The summed E-state index contributed by atoms with van der Waals surface area (Å²) in [5, 5.41) is 4.15. The molecule has 0 aliphatic rings. The van der Waals surface area contributed by atoms with E-state index in [-0.39, 0.29) is 12.5 Å². The highest BCUT2D eigenvalue weighted by Crippen LogP contribution is 2.19. The Morgan fingerprint density at radius 1 is 0.846 bits per heavy atom. The molecule has 0 aromatic heterocycles. The van der Waals surface area contributed by atoms with E-state index in [1.54, 1.807) is 12.1 Å². The molecule has 26 heavy (non-hydrogen) atoms. The number of nitrogens with one attached hydrogen (secondary N) is 1. The summed E-state index contributed by atoms with van der Waals surface area (Å²) in [6.07, 6.45) is 0. The SMILES string of the molecule is C/C(=N/NC(=O)COc1ccccc1)c1ccc(-c2ccccc2)cc1. The topological polar surface area (TPSA) is 50.7 Å². The summed E-state index contributed by atoms with van der Waals surface area (Å²) < 4.78 is 5.39. The number of carbonyl (C=O) groups excluding carboxylic acids is 1. The van der Waals surface area contributed by atoms with Crippen LogP contribution in [-0.2, 0) is 4.79 Å². The fourth-order valence-electron chi connectivity index (χ4n) is 2.44. The van der Waals surface area contributed by atoms with E-state index in [4.69, 9.17) is 4.74 Å². The molecular weight excluding hydrogens is 324 g/mol. The number of hydrazone groups is 1. The summed E-state index contributed by atoms with van der Waals surface area (Å²) in [5.74, 6) is 0.356. The second kappa shape index (κ2) is 8.62. The van der Waals surface area contributed by atoms with Crippen molar-refractivity contribution < 1.29 is 9.53 Å². The van der Waals surface area contributed by atoms with Crippen LogP contribution in [-0.4, -0.2) is 18.2 Å². The number of carbonyl (C=O) groups is 1. The zero-order valence-electron chi connectivity index (χ0n) is 14.6. The van der Waals surface area contributed by atoms with E-state index in [2.05, 4.69) is 22.7 Å². The van der Waals surface area contributed by atoms with Gasteiger partial charge in [0, 0.05) is 0 Å². The van der Waals surface area contributed by atoms with Gasteiger partial charge in [-0.2, -0.15) is 5.10 Å². The molecule has 0 fully saturated rings. The highest BCUT2D eigenvalue weighted by atomic mass is 16.5. The van der Waals surface area contributed by atoms with Crippen LogP contribution in [0.4, 0.5) is 0 Å². The van der Waals surface area contributed by atoms with Crippen molar-refractivity contribution in [2.75, 3.05) is 6.61 Å². The molecule has 3 aromatic carbocycles. The maximum atomic E-state index is 11.8. The zero-order chi connectivity index (χ0) is 18.2. The molecule has 1 N–H and O–H groups in total. The van der Waals surface area contributed by atoms with Crippen LogP contribution in [0, 0.1) is 0 Å². The van der Waals surface area contributed by atoms with E-state index in [9.17, 15) is 4.79 Å². The summed E-state index contributed by atoms with van der Waals surface area (Å²) in [6, 6.07) is 27.5. The molecule has 0 saturated carbocycles. The number of rotatable bonds is 6. The molecular formula is C22H20N2O2. The van der Waals surface area contributed by atoms with Crippen LogP contribution >= 0.6 is 0 Å². The first-order chi connectivity index (χ1) is 12.7. The first-order valence-electron chi connectivity index (χ1n) is 8.39. The minimum absolute atomic E-state index is 0.0757. The van der Waals surface area contributed by atoms with E-state index in [0.29, 0.717) is 5.75 Å². The van der Waals surface area contributed by atoms with Gasteiger partial charge in [-0.25, -0.2) is 5.43 Å². The van der Waals surface area contributed by atoms with Crippen molar-refractivity contribution in [3.05, 3.63) is 90.5 Å². The van der Waals surface area contributed by atoms with Gasteiger partial charge in [0.15, 0.2) is 6.61 Å². The number of ether oxygens (including phenoxy) is 1. The van der Waals surface area contributed by atoms with Crippen LogP contribution < -0.4 is 10.2 Å². The van der Waals surface area contributed by atoms with Crippen LogP contribution in [0.1, 0.15) is 12.5 Å². The quantitative estimate of drug-likeness (QED) is 0.536. The van der Waals surface area contributed by atoms with Crippen molar-refractivity contribution >= 4 is 11.6 Å². The van der Waals surface area contributed by atoms with Gasteiger partial charge in [0.25, 0.3) is 5.91 Å². The fourth-order valence-corrected chi connectivity index (χ4v) is 2.44. The van der Waals surface area contributed by atoms with Crippen molar-refractivity contribution in [1.29, 1.82) is 0 Å². The maximum Gasteiger partial charge on any atom is 0.277 e. The Morgan fingerprint density at radius 3 is 2.08 bits per heavy atom. The molecule has 0 saturated heterocycles. The van der Waals surface area contributed by atoms with Crippen molar-refractivity contribution in [2.24, 2.45) is 5.10 Å². The zero-order valence-corrected chi connectivity index (χ0v) is 14.6. The van der Waals surface area contributed by atoms with E-state index in [0.717, 1.165) is 16.8 Å². The van der Waals surface area contributed by atoms with E-state index >= 15 is 0 Å². The van der Waals surface area contributed by atoms with Crippen LogP contribution in [0.5, 0.6) is 5.75 Å². The summed E-state index contributed by atoms with van der Waals surface area (Å²) in [4.78, 5) is 11.8. The number of amides is 1. The molecule has 4 nitrogen and oxygen atoms in total. The Morgan fingerprint density at radius 2 is 1.42 bits per heavy atom. The molecule has 0 atom stereocenters. The monoisotopic (exact) mass is 344 g/mol. The van der Waals surface area contributed by atoms with Crippen LogP contribution in [0.3, 0.4) is 0 Å². The summed E-state index contributed by atoms with van der Waals surface area (Å²) in [6.45, 7) is 1.78. The summed E-state index contributed by atoms with van der Waals surface area (Å²) >= 11 is 0. The van der Waals surface area contributed by atoms with Crippen molar-refractivity contribution in [3.8, 4) is 16.9 Å². The average molecular weight is 344 g/mol. The van der Waals surface area contributed by atoms with E-state index < -0.39 is 0 Å². The third kappa shape index (κ3) is 4.80. The molecule has 3 aromatic rings. The standard InChI is InChI=1S/C22H20N2O2/c1-17(23-24-22(25)16-26-21-10-6-3-7-11-21)18-12-14-20(15-13-18)19-8-4-2-5-9-19/h2-15H,16H2,1H3,(H,24,25)/b23-17-. The number of benzene rings is 3. The molecule has 0 unspecified atom stereocenters. The van der Waals surface area contributed by atoms with Gasteiger partial charge in [0.05, 0.1) is 5.71 Å². The van der Waals surface area contributed by atoms with Crippen molar-refractivity contribution in [1.82, 2.24) is 5.43 Å². The average Bonchev–Trinajstić information content (AvgIpc) is 2.72. The maximum absolute atomic E-state index is 11.8. The Kier molecular flexibility index (Phi) is 5.78. The molecule has 0 aliphatic carbocycles. The third-order valence-corrected chi connectivity index (χ3v) is 3.87. The largest absolute Gasteiger partial charge is 0.484 e. The summed E-state index contributed by atoms with van der Waals surface area (Å²) in [7, 11) is 0. The molecule has 0 radical (unpaired) electrons. The normalized spacial score (nSPS) is 11.0. The first kappa shape index (κ1) is 17.4. The Balaban J connectivity index is 1.56. The number of hydrogen-bond acceptors (Lipinski definition) is 3. The highest BCUT2D eigenvalue weighted by Gasteiger charge is 2.03. The second-order valence-electron chi connectivity index (χ2n) is 5.78. The minimum Gasteiger partial charge on any atom is -0.484 e. The van der Waals surface area contributed by atoms with Crippen LogP contribution in [0.15, 0.2) is 90.0 Å². The number of hydrogen-bond donors (Lipinski definition) is 1. The lowest BCUT2D eigenvalue weighted by molar-refractivity contribution is -0.123. The third-order valence-electron chi connectivity index (χ3n) is 3.87. The van der Waals surface area contributed by atoms with Crippen molar-refractivity contribution in [2.45, 2.75) is 6.92 Å². The van der Waals surface area contributed by atoms with Gasteiger partial charge in [0.1, 0.15) is 5.75 Å². The fraction of sp³-hybridized carbons (Fsp3) is 0.0909. The Hall–Kier alpha value is -3.40. The predicted molar refractivity (Wildman–Crippen MR) is 104 cm³/mol. The molecule has 0 aliphatic heterocycles. The van der Waals surface area contributed by atoms with Crippen LogP contribution in [0.25, 0.3) is 11.1 Å². The van der Waals surface area contributed by atoms with Crippen molar-refractivity contribution in [3.63, 3.8) is 0 Å². The molecule has 0 bridgehead atoms. The molecule has 1 amide bonds. The Labute approximate surface area is 153 Å². The second-order valence-corrected chi connectivity index (χ2v) is 5.78.